The number of halogens is 3. The lowest BCUT2D eigenvalue weighted by Gasteiger charge is -2.38. The van der Waals surface area contributed by atoms with Crippen molar-refractivity contribution in [2.75, 3.05) is 50.0 Å². The number of benzene rings is 1. The van der Waals surface area contributed by atoms with E-state index in [-0.39, 0.29) is 53.1 Å². The number of anilines is 2. The van der Waals surface area contributed by atoms with Gasteiger partial charge in [0.1, 0.15) is 41.3 Å². The summed E-state index contributed by atoms with van der Waals surface area (Å²) >= 11 is 0. The molecular formula is C29H34F3N7O2. The van der Waals surface area contributed by atoms with Crippen LogP contribution in [-0.4, -0.2) is 83.0 Å². The molecule has 7 rings (SSSR count). The molecule has 3 fully saturated rings. The molecule has 3 saturated heterocycles. The van der Waals surface area contributed by atoms with Crippen molar-refractivity contribution in [3.05, 3.63) is 28.8 Å². The normalized spacial score (nSPS) is 27.5. The topological polar surface area (TPSA) is 102 Å². The summed E-state index contributed by atoms with van der Waals surface area (Å²) in [5, 5.41) is 3.71. The van der Waals surface area contributed by atoms with Crippen molar-refractivity contribution in [3.8, 4) is 23.1 Å². The summed E-state index contributed by atoms with van der Waals surface area (Å²) in [5.41, 5.74) is 6.34. The number of hydrogen-bond acceptors (Lipinski definition) is 9. The fourth-order valence-electron chi connectivity index (χ4n) is 7.13. The van der Waals surface area contributed by atoms with Crippen LogP contribution >= 0.6 is 0 Å². The number of nitrogens with zero attached hydrogens (tertiary/aromatic N) is 5. The minimum absolute atomic E-state index is 0.00850. The van der Waals surface area contributed by atoms with E-state index < -0.39 is 23.3 Å². The number of rotatable bonds is 4. The molecule has 0 amide bonds. The highest BCUT2D eigenvalue weighted by Crippen LogP contribution is 2.44. The molecule has 1 aromatic carbocycles. The van der Waals surface area contributed by atoms with Gasteiger partial charge in [0, 0.05) is 38.2 Å². The van der Waals surface area contributed by atoms with Crippen LogP contribution < -0.4 is 25.4 Å². The molecule has 4 aliphatic heterocycles. The van der Waals surface area contributed by atoms with E-state index in [1.165, 1.54) is 6.07 Å². The third-order valence-corrected chi connectivity index (χ3v) is 9.39. The monoisotopic (exact) mass is 569 g/mol. The molecule has 0 radical (unpaired) electrons. The largest absolute Gasteiger partial charge is 0.472 e. The highest BCUT2D eigenvalue weighted by atomic mass is 19.1. The van der Waals surface area contributed by atoms with Crippen LogP contribution in [0.4, 0.5) is 24.7 Å². The minimum atomic E-state index is -0.908. The van der Waals surface area contributed by atoms with Gasteiger partial charge in [-0.1, -0.05) is 0 Å². The van der Waals surface area contributed by atoms with Crippen LogP contribution in [0, 0.1) is 25.5 Å². The lowest BCUT2D eigenvalue weighted by Crippen LogP contribution is -2.56. The number of ether oxygens (including phenoxy) is 2. The molecule has 218 valence electrons. The van der Waals surface area contributed by atoms with E-state index in [1.807, 2.05) is 6.92 Å². The van der Waals surface area contributed by atoms with Crippen molar-refractivity contribution in [2.24, 2.45) is 0 Å². The minimum Gasteiger partial charge on any atom is -0.472 e. The van der Waals surface area contributed by atoms with Gasteiger partial charge in [0.2, 0.25) is 5.88 Å². The Labute approximate surface area is 236 Å². The molecule has 0 saturated carbocycles. The van der Waals surface area contributed by atoms with Crippen LogP contribution in [0.15, 0.2) is 6.07 Å². The summed E-state index contributed by atoms with van der Waals surface area (Å²) in [6, 6.07) is 1.40. The van der Waals surface area contributed by atoms with E-state index in [2.05, 4.69) is 25.1 Å². The maximum absolute atomic E-state index is 16.6. The number of nitrogens with two attached hydrogens (primary N) is 1. The van der Waals surface area contributed by atoms with Crippen LogP contribution in [0.5, 0.6) is 11.9 Å². The van der Waals surface area contributed by atoms with Gasteiger partial charge in [-0.05, 0) is 57.4 Å². The molecule has 4 aliphatic rings. The lowest BCUT2D eigenvalue weighted by molar-refractivity contribution is 0.107. The summed E-state index contributed by atoms with van der Waals surface area (Å²) in [4.78, 5) is 18.1. The van der Waals surface area contributed by atoms with Crippen molar-refractivity contribution >= 4 is 22.4 Å². The smallest absolute Gasteiger partial charge is 0.319 e. The highest BCUT2D eigenvalue weighted by Gasteiger charge is 2.49. The summed E-state index contributed by atoms with van der Waals surface area (Å²) in [5.74, 6) is -0.956. The predicted molar refractivity (Wildman–Crippen MR) is 149 cm³/mol. The maximum Gasteiger partial charge on any atom is 0.319 e. The highest BCUT2D eigenvalue weighted by molar-refractivity contribution is 5.97. The Hall–Kier alpha value is -3.38. The Morgan fingerprint density at radius 3 is 2.85 bits per heavy atom. The number of alkyl halides is 1. The van der Waals surface area contributed by atoms with Crippen LogP contribution in [-0.2, 0) is 0 Å². The van der Waals surface area contributed by atoms with E-state index in [0.29, 0.717) is 54.9 Å². The van der Waals surface area contributed by atoms with Crippen molar-refractivity contribution in [1.82, 2.24) is 25.2 Å². The average Bonchev–Trinajstić information content (AvgIpc) is 3.44. The first kappa shape index (κ1) is 26.5. The number of nitrogens with one attached hydrogen (secondary N) is 1. The van der Waals surface area contributed by atoms with Gasteiger partial charge < -0.3 is 25.4 Å². The van der Waals surface area contributed by atoms with E-state index in [4.69, 9.17) is 20.2 Å². The summed E-state index contributed by atoms with van der Waals surface area (Å²) in [6.07, 6.45) is 0.928. The third-order valence-electron chi connectivity index (χ3n) is 9.39. The van der Waals surface area contributed by atoms with Crippen molar-refractivity contribution in [2.45, 2.75) is 63.9 Å². The molecule has 9 nitrogen and oxygen atoms in total. The molecule has 4 atom stereocenters. The van der Waals surface area contributed by atoms with Gasteiger partial charge in [0.05, 0.1) is 17.3 Å². The quantitative estimate of drug-likeness (QED) is 0.456. The molecule has 3 aromatic rings. The second-order valence-corrected chi connectivity index (χ2v) is 11.9. The zero-order valence-corrected chi connectivity index (χ0v) is 23.4. The van der Waals surface area contributed by atoms with Crippen LogP contribution in [0.1, 0.15) is 37.3 Å². The zero-order valence-electron chi connectivity index (χ0n) is 23.4. The SMILES string of the molecule is Cc1cc(N)c(F)c(-c2nc3c4c(nc(OC[C@@]56CCCN5C[C@H](F)C6)nc4c2F)N2CCNC[C@H]2[C@H](C)O3)c1C. The van der Waals surface area contributed by atoms with Crippen molar-refractivity contribution in [3.63, 3.8) is 0 Å². The van der Waals surface area contributed by atoms with Gasteiger partial charge >= 0.3 is 6.01 Å². The average molecular weight is 570 g/mol. The Kier molecular flexibility index (Phi) is 6.20. The number of nitrogen functional groups attached to an aromatic ring is 1. The number of fused-ring (bicyclic) bond motifs is 3. The van der Waals surface area contributed by atoms with Crippen molar-refractivity contribution < 1.29 is 22.6 Å². The van der Waals surface area contributed by atoms with Gasteiger partial charge in [-0.25, -0.2) is 18.2 Å². The molecule has 2 aromatic heterocycles. The van der Waals surface area contributed by atoms with Gasteiger partial charge in [-0.15, -0.1) is 0 Å². The fraction of sp³-hybridized carbons (Fsp3) is 0.552. The predicted octanol–water partition coefficient (Wildman–Crippen LogP) is 3.68. The zero-order chi connectivity index (χ0) is 28.6. The summed E-state index contributed by atoms with van der Waals surface area (Å²) < 4.78 is 59.0. The molecule has 6 heterocycles. The van der Waals surface area contributed by atoms with E-state index >= 15 is 8.78 Å². The van der Waals surface area contributed by atoms with Crippen LogP contribution in [0.25, 0.3) is 22.2 Å². The van der Waals surface area contributed by atoms with Crippen LogP contribution in [0.2, 0.25) is 0 Å². The number of aryl methyl sites for hydroxylation is 1. The fourth-order valence-corrected chi connectivity index (χ4v) is 7.13. The third kappa shape index (κ3) is 4.09. The van der Waals surface area contributed by atoms with E-state index in [1.54, 1.807) is 13.8 Å². The van der Waals surface area contributed by atoms with Gasteiger partial charge in [0.25, 0.3) is 0 Å². The molecular weight excluding hydrogens is 535 g/mol. The molecule has 3 N–H and O–H groups in total. The second kappa shape index (κ2) is 9.59. The lowest BCUT2D eigenvalue weighted by atomic mass is 9.95. The number of pyridine rings is 1. The van der Waals surface area contributed by atoms with Gasteiger partial charge in [0.15, 0.2) is 11.6 Å². The first-order valence-corrected chi connectivity index (χ1v) is 14.3. The summed E-state index contributed by atoms with van der Waals surface area (Å²) in [6.45, 7) is 8.77. The van der Waals surface area contributed by atoms with E-state index in [0.717, 1.165) is 19.4 Å². The van der Waals surface area contributed by atoms with E-state index in [9.17, 15) is 4.39 Å². The summed E-state index contributed by atoms with van der Waals surface area (Å²) in [7, 11) is 0. The maximum atomic E-state index is 16.6. The molecule has 41 heavy (non-hydrogen) atoms. The standard InChI is InChI=1S/C29H34F3N7O2/c1-14-9-18(33)22(31)20(15(14)2)24-23(32)25-21-26(39-8-6-34-11-19(39)16(3)41-27(21)35-24)37-28(36-25)40-13-29-5-4-7-38(29)12-17(30)10-29/h9,16-17,19,34H,4-8,10-13,33H2,1-3H3/t16-,17+,19-,29-/m0/s1. The molecule has 0 spiro atoms. The number of piperazine rings is 1. The van der Waals surface area contributed by atoms with Crippen molar-refractivity contribution in [1.29, 1.82) is 0 Å². The molecule has 0 aliphatic carbocycles. The number of hydrogen-bond donors (Lipinski definition) is 2. The Morgan fingerprint density at radius 1 is 1.20 bits per heavy atom. The Bertz CT molecular complexity index is 1530. The van der Waals surface area contributed by atoms with Gasteiger partial charge in [-0.3, -0.25) is 4.90 Å². The molecule has 0 bridgehead atoms. The van der Waals surface area contributed by atoms with Gasteiger partial charge in [-0.2, -0.15) is 9.97 Å². The Morgan fingerprint density at radius 2 is 2.02 bits per heavy atom. The first-order valence-electron chi connectivity index (χ1n) is 14.3. The number of aromatic nitrogens is 3. The molecule has 12 heteroatoms. The molecule has 0 unspecified atom stereocenters. The van der Waals surface area contributed by atoms with Crippen LogP contribution in [0.3, 0.4) is 0 Å². The first-order chi connectivity index (χ1) is 19.7. The Balaban J connectivity index is 1.41. The second-order valence-electron chi connectivity index (χ2n) is 11.9.